The molecular formula is C11H19N3O3S. The van der Waals surface area contributed by atoms with Gasteiger partial charge in [0.05, 0.1) is 6.61 Å². The first-order valence-electron chi connectivity index (χ1n) is 6.18. The molecule has 0 aliphatic carbocycles. The molecule has 0 aromatic carbocycles. The van der Waals surface area contributed by atoms with Gasteiger partial charge in [-0.15, -0.1) is 0 Å². The number of hydrogen-bond donors (Lipinski definition) is 0. The van der Waals surface area contributed by atoms with Crippen LogP contribution in [0.5, 0.6) is 0 Å². The molecule has 0 aliphatic heterocycles. The predicted octanol–water partition coefficient (Wildman–Crippen LogP) is 1.94. The molecule has 1 aromatic heterocycles. The van der Waals surface area contributed by atoms with E-state index in [0.717, 1.165) is 31.9 Å². The van der Waals surface area contributed by atoms with Crippen molar-refractivity contribution in [1.29, 1.82) is 0 Å². The summed E-state index contributed by atoms with van der Waals surface area (Å²) in [5.74, 6) is 0. The fraction of sp³-hybridized carbons (Fsp3) is 0.727. The average Bonchev–Trinajstić information content (AvgIpc) is 2.39. The summed E-state index contributed by atoms with van der Waals surface area (Å²) < 4.78 is 28.0. The third kappa shape index (κ3) is 5.50. The second-order valence-corrected chi connectivity index (χ2v) is 5.47. The van der Waals surface area contributed by atoms with Crippen molar-refractivity contribution in [2.75, 3.05) is 6.61 Å². The van der Waals surface area contributed by atoms with E-state index < -0.39 is 10.1 Å². The molecule has 7 heteroatoms. The molecule has 1 aromatic rings. The summed E-state index contributed by atoms with van der Waals surface area (Å²) in [4.78, 5) is 10.7. The molecular weight excluding hydrogens is 254 g/mol. The predicted molar refractivity (Wildman–Crippen MR) is 66.3 cm³/mol. The molecule has 0 aliphatic rings. The lowest BCUT2D eigenvalue weighted by molar-refractivity contribution is 0.303. The van der Waals surface area contributed by atoms with Crippen LogP contribution in [-0.4, -0.2) is 30.0 Å². The van der Waals surface area contributed by atoms with E-state index in [4.69, 9.17) is 4.18 Å². The Morgan fingerprint density at radius 2 is 1.67 bits per heavy atom. The molecule has 0 unspecified atom stereocenters. The van der Waals surface area contributed by atoms with Crippen molar-refractivity contribution in [1.82, 2.24) is 15.0 Å². The van der Waals surface area contributed by atoms with E-state index in [1.807, 2.05) is 0 Å². The normalized spacial score (nSPS) is 11.6. The van der Waals surface area contributed by atoms with Crippen LogP contribution in [0.25, 0.3) is 0 Å². The van der Waals surface area contributed by atoms with Gasteiger partial charge in [-0.2, -0.15) is 8.42 Å². The van der Waals surface area contributed by atoms with Gasteiger partial charge < -0.3 is 0 Å². The van der Waals surface area contributed by atoms with Crippen molar-refractivity contribution in [3.8, 4) is 0 Å². The molecule has 102 valence electrons. The van der Waals surface area contributed by atoms with Crippen LogP contribution in [0.4, 0.5) is 0 Å². The maximum absolute atomic E-state index is 11.6. The van der Waals surface area contributed by atoms with E-state index in [9.17, 15) is 8.42 Å². The Balaban J connectivity index is 2.23. The Morgan fingerprint density at radius 1 is 1.06 bits per heavy atom. The summed E-state index contributed by atoms with van der Waals surface area (Å²) >= 11 is 0. The lowest BCUT2D eigenvalue weighted by atomic mass is 10.1. The lowest BCUT2D eigenvalue weighted by Gasteiger charge is -2.03. The summed E-state index contributed by atoms with van der Waals surface area (Å²) in [6.07, 6.45) is 8.71. The molecule has 1 heterocycles. The van der Waals surface area contributed by atoms with E-state index in [0.29, 0.717) is 0 Å². The Morgan fingerprint density at radius 3 is 2.33 bits per heavy atom. The zero-order valence-corrected chi connectivity index (χ0v) is 11.4. The van der Waals surface area contributed by atoms with Gasteiger partial charge >= 0.3 is 10.1 Å². The SMILES string of the molecule is CCCCCCCCOS(=O)(=O)c1ncncn1. The Bertz CT molecular complexity index is 422. The molecule has 0 atom stereocenters. The smallest absolute Gasteiger partial charge is 0.264 e. The molecule has 0 saturated heterocycles. The van der Waals surface area contributed by atoms with Gasteiger partial charge in [0.2, 0.25) is 0 Å². The fourth-order valence-corrected chi connectivity index (χ4v) is 2.26. The van der Waals surface area contributed by atoms with Gasteiger partial charge in [-0.3, -0.25) is 4.18 Å². The van der Waals surface area contributed by atoms with E-state index in [1.54, 1.807) is 0 Å². The molecule has 18 heavy (non-hydrogen) atoms. The van der Waals surface area contributed by atoms with Crippen molar-refractivity contribution in [3.63, 3.8) is 0 Å². The monoisotopic (exact) mass is 273 g/mol. The van der Waals surface area contributed by atoms with Gasteiger partial charge in [0, 0.05) is 0 Å². The minimum Gasteiger partial charge on any atom is -0.264 e. The number of rotatable bonds is 9. The summed E-state index contributed by atoms with van der Waals surface area (Å²) in [7, 11) is -3.82. The third-order valence-corrected chi connectivity index (χ3v) is 3.56. The quantitative estimate of drug-likeness (QED) is 0.505. The minimum atomic E-state index is -3.82. The van der Waals surface area contributed by atoms with E-state index in [-0.39, 0.29) is 11.8 Å². The van der Waals surface area contributed by atoms with Crippen LogP contribution >= 0.6 is 0 Å². The van der Waals surface area contributed by atoms with Gasteiger partial charge in [0.25, 0.3) is 5.16 Å². The molecule has 0 amide bonds. The highest BCUT2D eigenvalue weighted by Gasteiger charge is 2.17. The first-order chi connectivity index (χ1) is 8.67. The fourth-order valence-electron chi connectivity index (χ4n) is 1.46. The molecule has 0 radical (unpaired) electrons. The van der Waals surface area contributed by atoms with Crippen LogP contribution in [0.15, 0.2) is 17.8 Å². The van der Waals surface area contributed by atoms with E-state index in [1.165, 1.54) is 19.3 Å². The average molecular weight is 273 g/mol. The van der Waals surface area contributed by atoms with Crippen molar-refractivity contribution in [2.24, 2.45) is 0 Å². The van der Waals surface area contributed by atoms with Crippen LogP contribution in [0.3, 0.4) is 0 Å². The van der Waals surface area contributed by atoms with Crippen LogP contribution in [0.1, 0.15) is 45.4 Å². The van der Waals surface area contributed by atoms with Gasteiger partial charge in [0.15, 0.2) is 0 Å². The molecule has 0 bridgehead atoms. The van der Waals surface area contributed by atoms with E-state index >= 15 is 0 Å². The highest BCUT2D eigenvalue weighted by atomic mass is 32.2. The third-order valence-electron chi connectivity index (χ3n) is 2.43. The standard InChI is InChI=1S/C11H19N3O3S/c1-2-3-4-5-6-7-8-17-18(15,16)11-13-9-12-10-14-11/h9-10H,2-8H2,1H3. The molecule has 0 spiro atoms. The first kappa shape index (κ1) is 15.0. The van der Waals surface area contributed by atoms with Crippen molar-refractivity contribution >= 4 is 10.1 Å². The molecule has 0 N–H and O–H groups in total. The van der Waals surface area contributed by atoms with Gasteiger partial charge in [-0.25, -0.2) is 15.0 Å². The van der Waals surface area contributed by atoms with Crippen molar-refractivity contribution < 1.29 is 12.6 Å². The lowest BCUT2D eigenvalue weighted by Crippen LogP contribution is -2.11. The zero-order chi connectivity index (χ0) is 13.3. The zero-order valence-electron chi connectivity index (χ0n) is 10.6. The molecule has 1 rings (SSSR count). The van der Waals surface area contributed by atoms with E-state index in [2.05, 4.69) is 21.9 Å². The number of aromatic nitrogens is 3. The maximum Gasteiger partial charge on any atom is 0.333 e. The molecule has 6 nitrogen and oxygen atoms in total. The maximum atomic E-state index is 11.6. The van der Waals surface area contributed by atoms with Gasteiger partial charge in [-0.05, 0) is 6.42 Å². The van der Waals surface area contributed by atoms with Crippen molar-refractivity contribution in [3.05, 3.63) is 12.7 Å². The minimum absolute atomic E-state index is 0.181. The summed E-state index contributed by atoms with van der Waals surface area (Å²) in [5, 5.41) is -0.330. The Hall–Kier alpha value is -1.08. The molecule has 0 fully saturated rings. The first-order valence-corrected chi connectivity index (χ1v) is 7.59. The highest BCUT2D eigenvalue weighted by molar-refractivity contribution is 7.86. The molecule has 0 saturated carbocycles. The Labute approximate surface area is 108 Å². The number of nitrogens with zero attached hydrogens (tertiary/aromatic N) is 3. The van der Waals surface area contributed by atoms with Crippen LogP contribution in [-0.2, 0) is 14.3 Å². The number of hydrogen-bond acceptors (Lipinski definition) is 6. The summed E-state index contributed by atoms with van der Waals surface area (Å²) in [6.45, 7) is 2.34. The number of unbranched alkanes of at least 4 members (excludes halogenated alkanes) is 5. The van der Waals surface area contributed by atoms with Crippen LogP contribution < -0.4 is 0 Å². The summed E-state index contributed by atoms with van der Waals surface area (Å²) in [5.41, 5.74) is 0. The second kappa shape index (κ2) is 8.10. The van der Waals surface area contributed by atoms with Gasteiger partial charge in [-0.1, -0.05) is 39.0 Å². The summed E-state index contributed by atoms with van der Waals surface area (Å²) in [6, 6.07) is 0. The van der Waals surface area contributed by atoms with Crippen LogP contribution in [0.2, 0.25) is 0 Å². The van der Waals surface area contributed by atoms with Gasteiger partial charge in [0.1, 0.15) is 12.7 Å². The highest BCUT2D eigenvalue weighted by Crippen LogP contribution is 2.08. The Kier molecular flexibility index (Phi) is 6.74. The largest absolute Gasteiger partial charge is 0.333 e. The topological polar surface area (TPSA) is 82.0 Å². The van der Waals surface area contributed by atoms with Crippen molar-refractivity contribution in [2.45, 2.75) is 50.6 Å². The van der Waals surface area contributed by atoms with Crippen LogP contribution in [0, 0.1) is 0 Å². The second-order valence-electron chi connectivity index (χ2n) is 3.96.